The topological polar surface area (TPSA) is 137 Å². The molecule has 2 aromatic rings. The molecule has 0 aliphatic heterocycles. The molecule has 0 aliphatic carbocycles. The van der Waals surface area contributed by atoms with Crippen LogP contribution in [-0.4, -0.2) is 32.8 Å². The predicted molar refractivity (Wildman–Crippen MR) is 107 cm³/mol. The quantitative estimate of drug-likeness (QED) is 0.458. The van der Waals surface area contributed by atoms with Gasteiger partial charge in [-0.2, -0.15) is 5.26 Å². The van der Waals surface area contributed by atoms with E-state index >= 15 is 0 Å². The van der Waals surface area contributed by atoms with Crippen LogP contribution in [0.4, 0.5) is 11.6 Å². The van der Waals surface area contributed by atoms with E-state index in [0.717, 1.165) is 0 Å². The molecule has 0 saturated heterocycles. The summed E-state index contributed by atoms with van der Waals surface area (Å²) < 4.78 is 32.2. The Hall–Kier alpha value is -2.97. The number of anilines is 2. The summed E-state index contributed by atoms with van der Waals surface area (Å²) in [6.07, 6.45) is 1.74. The van der Waals surface area contributed by atoms with Gasteiger partial charge in [-0.05, 0) is 44.4 Å². The molecule has 0 radical (unpaired) electrons. The van der Waals surface area contributed by atoms with Crippen molar-refractivity contribution in [3.63, 3.8) is 0 Å². The minimum Gasteiger partial charge on any atom is -0.382 e. The second kappa shape index (κ2) is 8.81. The molecule has 28 heavy (non-hydrogen) atoms. The minimum atomic E-state index is -3.88. The van der Waals surface area contributed by atoms with E-state index in [-0.39, 0.29) is 16.4 Å². The third-order valence-corrected chi connectivity index (χ3v) is 5.97. The number of carbonyl (C=O) groups excluding carboxylic acids is 1. The van der Waals surface area contributed by atoms with E-state index in [0.29, 0.717) is 22.0 Å². The maximum absolute atomic E-state index is 12.5. The Morgan fingerprint density at radius 2 is 1.89 bits per heavy atom. The van der Waals surface area contributed by atoms with Gasteiger partial charge in [-0.15, -0.1) is 11.8 Å². The van der Waals surface area contributed by atoms with Gasteiger partial charge in [0.1, 0.15) is 11.6 Å². The number of nitrogens with one attached hydrogen (secondary N) is 3. The Kier molecular flexibility index (Phi) is 6.71. The van der Waals surface area contributed by atoms with Crippen molar-refractivity contribution >= 4 is 39.3 Å². The van der Waals surface area contributed by atoms with Gasteiger partial charge in [-0.1, -0.05) is 5.16 Å². The zero-order valence-corrected chi connectivity index (χ0v) is 17.3. The fraction of sp³-hybridized carbons (Fsp3) is 0.235. The molecule has 1 aromatic heterocycles. The molecule has 1 amide bonds. The highest BCUT2D eigenvalue weighted by Crippen LogP contribution is 2.23. The third kappa shape index (κ3) is 4.65. The van der Waals surface area contributed by atoms with Gasteiger partial charge < -0.3 is 15.2 Å². The van der Waals surface area contributed by atoms with E-state index in [4.69, 9.17) is 4.52 Å². The zero-order valence-electron chi connectivity index (χ0n) is 15.7. The second-order valence-electron chi connectivity index (χ2n) is 5.58. The van der Waals surface area contributed by atoms with E-state index < -0.39 is 15.9 Å². The van der Waals surface area contributed by atoms with Gasteiger partial charge in [0.05, 0.1) is 15.6 Å². The number of amides is 1. The number of hydrogen-bond acceptors (Lipinski definition) is 8. The lowest BCUT2D eigenvalue weighted by Crippen LogP contribution is -2.18. The van der Waals surface area contributed by atoms with Gasteiger partial charge in [-0.25, -0.2) is 13.1 Å². The molecule has 0 saturated carbocycles. The molecule has 0 spiro atoms. The van der Waals surface area contributed by atoms with Gasteiger partial charge in [0.2, 0.25) is 5.88 Å². The van der Waals surface area contributed by atoms with Crippen molar-refractivity contribution in [3.05, 3.63) is 46.1 Å². The summed E-state index contributed by atoms with van der Waals surface area (Å²) in [6, 6.07) is 7.38. The molecule has 1 aromatic carbocycles. The maximum Gasteiger partial charge on any atom is 0.269 e. The lowest BCUT2D eigenvalue weighted by atomic mass is 10.2. The lowest BCUT2D eigenvalue weighted by molar-refractivity contribution is -0.112. The number of thioether (sulfide) groups is 1. The lowest BCUT2D eigenvalue weighted by Gasteiger charge is -2.09. The number of aromatic nitrogens is 1. The Morgan fingerprint density at radius 1 is 1.25 bits per heavy atom. The molecule has 148 valence electrons. The summed E-state index contributed by atoms with van der Waals surface area (Å²) in [5.74, 6) is -0.543. The number of rotatable bonds is 7. The van der Waals surface area contributed by atoms with Gasteiger partial charge in [0, 0.05) is 18.3 Å². The molecule has 0 atom stereocenters. The van der Waals surface area contributed by atoms with Crippen LogP contribution in [0.2, 0.25) is 0 Å². The standard InChI is InChI=1S/C17H19N5O4S2/c1-10-11(2)21-26-16(10)22-28(24,25)13-7-5-12(6-8-13)20-15(23)14(9-18)17(19-3)27-4/h5-8,19,22H,1-4H3,(H,20,23)/b17-14+. The van der Waals surface area contributed by atoms with Crippen molar-refractivity contribution in [1.82, 2.24) is 10.5 Å². The molecule has 11 heteroatoms. The second-order valence-corrected chi connectivity index (χ2v) is 8.08. The Morgan fingerprint density at radius 3 is 2.36 bits per heavy atom. The Labute approximate surface area is 167 Å². The summed E-state index contributed by atoms with van der Waals surface area (Å²) in [5, 5.41) is 18.7. The monoisotopic (exact) mass is 421 g/mol. The van der Waals surface area contributed by atoms with Crippen LogP contribution in [0.1, 0.15) is 11.3 Å². The van der Waals surface area contributed by atoms with Crippen molar-refractivity contribution in [2.24, 2.45) is 0 Å². The zero-order chi connectivity index (χ0) is 20.9. The number of carbonyl (C=O) groups is 1. The largest absolute Gasteiger partial charge is 0.382 e. The van der Waals surface area contributed by atoms with Gasteiger partial charge in [0.25, 0.3) is 15.9 Å². The summed E-state index contributed by atoms with van der Waals surface area (Å²) in [5.41, 5.74) is 1.46. The van der Waals surface area contributed by atoms with Crippen LogP contribution in [0, 0.1) is 25.2 Å². The first kappa shape index (κ1) is 21.3. The molecular weight excluding hydrogens is 402 g/mol. The smallest absolute Gasteiger partial charge is 0.269 e. The van der Waals surface area contributed by atoms with Crippen molar-refractivity contribution < 1.29 is 17.7 Å². The van der Waals surface area contributed by atoms with E-state index in [9.17, 15) is 18.5 Å². The average Bonchev–Trinajstić information content (AvgIpc) is 2.97. The molecule has 0 aliphatic rings. The number of sulfonamides is 1. The first-order valence-electron chi connectivity index (χ1n) is 7.96. The van der Waals surface area contributed by atoms with Gasteiger partial charge >= 0.3 is 0 Å². The summed E-state index contributed by atoms with van der Waals surface area (Å²) in [6.45, 7) is 3.39. The molecule has 1 heterocycles. The highest BCUT2D eigenvalue weighted by atomic mass is 32.2. The first-order chi connectivity index (χ1) is 13.2. The highest BCUT2D eigenvalue weighted by molar-refractivity contribution is 8.02. The predicted octanol–water partition coefficient (Wildman–Crippen LogP) is 2.35. The highest BCUT2D eigenvalue weighted by Gasteiger charge is 2.20. The van der Waals surface area contributed by atoms with Crippen LogP contribution in [0.15, 0.2) is 44.3 Å². The SMILES string of the molecule is CN/C(SC)=C(/C#N)C(=O)Nc1ccc(S(=O)(=O)Nc2onc(C)c2C)cc1. The van der Waals surface area contributed by atoms with Gasteiger partial charge in [-0.3, -0.25) is 4.79 Å². The fourth-order valence-electron chi connectivity index (χ4n) is 2.14. The Bertz CT molecular complexity index is 1040. The van der Waals surface area contributed by atoms with E-state index in [1.165, 1.54) is 36.0 Å². The van der Waals surface area contributed by atoms with Crippen molar-refractivity contribution in [1.29, 1.82) is 5.26 Å². The van der Waals surface area contributed by atoms with E-state index in [1.807, 2.05) is 6.07 Å². The molecule has 2 rings (SSSR count). The number of nitrogens with zero attached hydrogens (tertiary/aromatic N) is 2. The van der Waals surface area contributed by atoms with Crippen LogP contribution < -0.4 is 15.4 Å². The van der Waals surface area contributed by atoms with Crippen LogP contribution in [-0.2, 0) is 14.8 Å². The van der Waals surface area contributed by atoms with Crippen LogP contribution in [0.3, 0.4) is 0 Å². The van der Waals surface area contributed by atoms with Crippen molar-refractivity contribution in [3.8, 4) is 6.07 Å². The molecule has 9 nitrogen and oxygen atoms in total. The van der Waals surface area contributed by atoms with E-state index in [1.54, 1.807) is 27.2 Å². The number of aryl methyl sites for hydroxylation is 1. The molecule has 3 N–H and O–H groups in total. The number of benzene rings is 1. The average molecular weight is 422 g/mol. The summed E-state index contributed by atoms with van der Waals surface area (Å²) in [4.78, 5) is 12.3. The summed E-state index contributed by atoms with van der Waals surface area (Å²) in [7, 11) is -2.27. The van der Waals surface area contributed by atoms with Gasteiger partial charge in [0.15, 0.2) is 0 Å². The maximum atomic E-state index is 12.5. The molecular formula is C17H19N5O4S2. The fourth-order valence-corrected chi connectivity index (χ4v) is 3.73. The van der Waals surface area contributed by atoms with Crippen LogP contribution in [0.25, 0.3) is 0 Å². The third-order valence-electron chi connectivity index (χ3n) is 3.80. The van der Waals surface area contributed by atoms with E-state index in [2.05, 4.69) is 20.5 Å². The summed E-state index contributed by atoms with van der Waals surface area (Å²) >= 11 is 1.23. The molecule has 0 bridgehead atoms. The minimum absolute atomic E-state index is 0.0185. The van der Waals surface area contributed by atoms with Crippen molar-refractivity contribution in [2.45, 2.75) is 18.7 Å². The first-order valence-corrected chi connectivity index (χ1v) is 10.7. The van der Waals surface area contributed by atoms with Crippen molar-refractivity contribution in [2.75, 3.05) is 23.3 Å². The van der Waals surface area contributed by atoms with Crippen LogP contribution >= 0.6 is 11.8 Å². The molecule has 0 unspecified atom stereocenters. The number of hydrogen-bond donors (Lipinski definition) is 3. The normalized spacial score (nSPS) is 12.0. The van der Waals surface area contributed by atoms with Crippen LogP contribution in [0.5, 0.6) is 0 Å². The number of nitriles is 1. The molecule has 0 fully saturated rings. The Balaban J connectivity index is 2.19.